The number of phenols is 1. The number of aliphatic hydroxyl groups is 3. The van der Waals surface area contributed by atoms with Crippen molar-refractivity contribution >= 4 is 28.9 Å². The average Bonchev–Trinajstić information content (AvgIpc) is 2.90. The van der Waals surface area contributed by atoms with Crippen molar-refractivity contribution in [2.45, 2.75) is 24.5 Å². The molecule has 1 saturated carbocycles. The first-order chi connectivity index (χ1) is 19.3. The number of ketones is 2. The van der Waals surface area contributed by atoms with Crippen molar-refractivity contribution in [1.29, 1.82) is 0 Å². The molecule has 3 aliphatic rings. The van der Waals surface area contributed by atoms with Crippen LogP contribution in [-0.2, 0) is 20.8 Å². The van der Waals surface area contributed by atoms with E-state index in [9.17, 15) is 44.9 Å². The average molecular weight is 560 g/mol. The van der Waals surface area contributed by atoms with Gasteiger partial charge in [-0.1, -0.05) is 11.8 Å². The fraction of sp³-hybridized carbons (Fsp3) is 0.276. The lowest BCUT2D eigenvalue weighted by Gasteiger charge is -2.50. The maximum absolute atomic E-state index is 13.9. The van der Waals surface area contributed by atoms with Gasteiger partial charge < -0.3 is 26.2 Å². The molecule has 0 heterocycles. The van der Waals surface area contributed by atoms with Crippen molar-refractivity contribution in [2.75, 3.05) is 14.1 Å². The van der Waals surface area contributed by atoms with E-state index >= 15 is 0 Å². The molecule has 4 atom stereocenters. The molecule has 0 aromatic heterocycles. The summed E-state index contributed by atoms with van der Waals surface area (Å²) in [5, 5.41) is 55.4. The summed E-state index contributed by atoms with van der Waals surface area (Å²) in [4.78, 5) is 51.0. The lowest BCUT2D eigenvalue weighted by Crippen LogP contribution is -2.65. The number of fused-ring (bicyclic) bond motifs is 3. The number of Topliss-reactive ketones (excluding diaryl/α,β-unsaturated/α-hetero) is 2. The maximum atomic E-state index is 13.9. The molecule has 210 valence electrons. The normalized spacial score (nSPS) is 25.2. The van der Waals surface area contributed by atoms with Gasteiger partial charge in [0.1, 0.15) is 22.8 Å². The van der Waals surface area contributed by atoms with Crippen LogP contribution in [0.25, 0.3) is 5.76 Å². The van der Waals surface area contributed by atoms with Crippen LogP contribution in [0.4, 0.5) is 5.69 Å². The molecule has 3 aliphatic carbocycles. The quantitative estimate of drug-likeness (QED) is 0.158. The Morgan fingerprint density at radius 1 is 1.10 bits per heavy atom. The number of carbonyl (C=O) groups is 3. The van der Waals surface area contributed by atoms with Crippen LogP contribution in [0.2, 0.25) is 0 Å². The van der Waals surface area contributed by atoms with Crippen LogP contribution in [0.1, 0.15) is 28.7 Å². The molecule has 0 aliphatic heterocycles. The second-order valence-electron chi connectivity index (χ2n) is 10.5. The summed E-state index contributed by atoms with van der Waals surface area (Å²) < 4.78 is 0. The van der Waals surface area contributed by atoms with Crippen molar-refractivity contribution in [3.8, 4) is 17.6 Å². The summed E-state index contributed by atoms with van der Waals surface area (Å²) in [6.45, 7) is 0. The Morgan fingerprint density at radius 3 is 2.34 bits per heavy atom. The number of hydrogen-bond acceptors (Lipinski definition) is 10. The zero-order valence-corrected chi connectivity index (χ0v) is 21.9. The second-order valence-corrected chi connectivity index (χ2v) is 10.5. The number of aromatic hydroxyl groups is 1. The standard InChI is InChI=1S/C29H25N3O9/c1-31(2)23-18-12-15-11-17-14(6-3-13-4-8-16(9-5-13)32(40)41)7-10-19(33)21(17)24(34)20(15)26(36)29(18,39)27(37)22(25(23)35)28(30)38/h4-5,7-10,15,18,23,33-34,37,39H,11-12H2,1-2H3,(H2,30,38)/t15-,18+,23+,29+/m0/s1. The smallest absolute Gasteiger partial charge is 0.269 e. The molecule has 12 heteroatoms. The van der Waals surface area contributed by atoms with E-state index in [1.807, 2.05) is 0 Å². The number of nitrogens with zero attached hydrogens (tertiary/aromatic N) is 2. The van der Waals surface area contributed by atoms with E-state index in [2.05, 4.69) is 11.8 Å². The summed E-state index contributed by atoms with van der Waals surface area (Å²) >= 11 is 0. The minimum absolute atomic E-state index is 0.0450. The highest BCUT2D eigenvalue weighted by Gasteiger charge is 2.64. The highest BCUT2D eigenvalue weighted by molar-refractivity contribution is 6.24. The number of phenolic OH excluding ortho intramolecular Hbond substituents is 1. The van der Waals surface area contributed by atoms with E-state index in [4.69, 9.17) is 5.73 Å². The largest absolute Gasteiger partial charge is 0.508 e. The Hall–Kier alpha value is -4.99. The lowest BCUT2D eigenvalue weighted by molar-refractivity contribution is -0.384. The van der Waals surface area contributed by atoms with Crippen LogP contribution < -0.4 is 5.73 Å². The zero-order chi connectivity index (χ0) is 30.0. The lowest BCUT2D eigenvalue weighted by atomic mass is 9.57. The number of nitro groups is 1. The van der Waals surface area contributed by atoms with Gasteiger partial charge in [-0.25, -0.2) is 0 Å². The van der Waals surface area contributed by atoms with Crippen LogP contribution in [0.3, 0.4) is 0 Å². The summed E-state index contributed by atoms with van der Waals surface area (Å²) in [5.41, 5.74) is 2.63. The molecule has 12 nitrogen and oxygen atoms in total. The first-order valence-corrected chi connectivity index (χ1v) is 12.5. The van der Waals surface area contributed by atoms with E-state index in [0.29, 0.717) is 16.7 Å². The van der Waals surface area contributed by atoms with Gasteiger partial charge in [0.2, 0.25) is 5.78 Å². The zero-order valence-electron chi connectivity index (χ0n) is 21.9. The number of aliphatic hydroxyl groups excluding tert-OH is 2. The third-order valence-electron chi connectivity index (χ3n) is 8.02. The van der Waals surface area contributed by atoms with Crippen LogP contribution in [0.5, 0.6) is 5.75 Å². The summed E-state index contributed by atoms with van der Waals surface area (Å²) in [6.07, 6.45) is 0.0455. The number of primary amides is 1. The Labute approximate surface area is 233 Å². The Kier molecular flexibility index (Phi) is 6.44. The van der Waals surface area contributed by atoms with E-state index in [1.54, 1.807) is 0 Å². The predicted octanol–water partition coefficient (Wildman–Crippen LogP) is 1.27. The molecule has 2 aromatic rings. The fourth-order valence-corrected chi connectivity index (χ4v) is 6.17. The first-order valence-electron chi connectivity index (χ1n) is 12.5. The number of carbonyl (C=O) groups excluding carboxylic acids is 3. The van der Waals surface area contributed by atoms with Gasteiger partial charge in [-0.05, 0) is 62.7 Å². The number of hydrogen-bond donors (Lipinski definition) is 5. The van der Waals surface area contributed by atoms with Crippen molar-refractivity contribution < 1.29 is 39.7 Å². The molecular formula is C29H25N3O9. The number of non-ortho nitro benzene ring substituents is 1. The number of nitrogens with two attached hydrogens (primary N) is 1. The minimum atomic E-state index is -2.71. The van der Waals surface area contributed by atoms with Gasteiger partial charge in [-0.3, -0.25) is 29.4 Å². The highest BCUT2D eigenvalue weighted by atomic mass is 16.6. The number of likely N-dealkylation sites (N-methyl/N-ethyl adjacent to an activating group) is 1. The second kappa shape index (κ2) is 9.58. The van der Waals surface area contributed by atoms with Crippen molar-refractivity contribution in [1.82, 2.24) is 4.90 Å². The molecule has 2 aromatic carbocycles. The maximum Gasteiger partial charge on any atom is 0.269 e. The van der Waals surface area contributed by atoms with Crippen LogP contribution in [-0.4, -0.2) is 73.5 Å². The van der Waals surface area contributed by atoms with Gasteiger partial charge in [-0.2, -0.15) is 0 Å². The van der Waals surface area contributed by atoms with Crippen molar-refractivity contribution in [3.63, 3.8) is 0 Å². The third-order valence-corrected chi connectivity index (χ3v) is 8.02. The number of benzene rings is 2. The summed E-state index contributed by atoms with van der Waals surface area (Å²) in [5.74, 6) is -1.42. The third kappa shape index (κ3) is 4.05. The molecule has 1 amide bonds. The molecule has 5 rings (SSSR count). The number of amides is 1. The summed E-state index contributed by atoms with van der Waals surface area (Å²) in [7, 11) is 3.05. The molecular weight excluding hydrogens is 534 g/mol. The molecule has 0 saturated heterocycles. The number of nitro benzene ring substituents is 1. The van der Waals surface area contributed by atoms with E-state index in [-0.39, 0.29) is 35.4 Å². The fourth-order valence-electron chi connectivity index (χ4n) is 6.17. The molecule has 0 spiro atoms. The Bertz CT molecular complexity index is 1680. The van der Waals surface area contributed by atoms with Crippen LogP contribution in [0.15, 0.2) is 53.3 Å². The predicted molar refractivity (Wildman–Crippen MR) is 143 cm³/mol. The first kappa shape index (κ1) is 27.6. The molecule has 0 bridgehead atoms. The monoisotopic (exact) mass is 559 g/mol. The molecule has 0 radical (unpaired) electrons. The van der Waals surface area contributed by atoms with Crippen LogP contribution >= 0.6 is 0 Å². The van der Waals surface area contributed by atoms with E-state index < -0.39 is 63.0 Å². The van der Waals surface area contributed by atoms with Gasteiger partial charge in [0.25, 0.3) is 11.6 Å². The van der Waals surface area contributed by atoms with Gasteiger partial charge in [0, 0.05) is 34.8 Å². The van der Waals surface area contributed by atoms with Crippen molar-refractivity contribution in [3.05, 3.63) is 85.7 Å². The van der Waals surface area contributed by atoms with Gasteiger partial charge >= 0.3 is 0 Å². The van der Waals surface area contributed by atoms with Gasteiger partial charge in [-0.15, -0.1) is 0 Å². The van der Waals surface area contributed by atoms with E-state index in [1.165, 1.54) is 55.4 Å². The van der Waals surface area contributed by atoms with Crippen LogP contribution in [0, 0.1) is 33.8 Å². The molecule has 0 unspecified atom stereocenters. The Morgan fingerprint density at radius 2 is 1.76 bits per heavy atom. The summed E-state index contributed by atoms with van der Waals surface area (Å²) in [6, 6.07) is 7.22. The molecule has 41 heavy (non-hydrogen) atoms. The minimum Gasteiger partial charge on any atom is -0.508 e. The number of rotatable bonds is 3. The SMILES string of the molecule is CN(C)[C@H]1C(=O)C(C(N)=O)=C(O)[C@]2(O)C(=O)C3=C(O)c4c(O)ccc(C#Cc5ccc([N+](=O)[O-])cc5)c4C[C@H]3C[C@H]12. The van der Waals surface area contributed by atoms with Gasteiger partial charge in [0.15, 0.2) is 11.4 Å². The molecule has 6 N–H and O–H groups in total. The topological polar surface area (TPSA) is 205 Å². The van der Waals surface area contributed by atoms with E-state index in [0.717, 1.165) is 0 Å². The molecule has 1 fully saturated rings. The van der Waals surface area contributed by atoms with Gasteiger partial charge in [0.05, 0.1) is 16.5 Å². The highest BCUT2D eigenvalue weighted by Crippen LogP contribution is 2.52. The van der Waals surface area contributed by atoms with Crippen molar-refractivity contribution in [2.24, 2.45) is 17.6 Å². The Balaban J connectivity index is 1.64.